The molecule has 3 rings (SSSR count). The van der Waals surface area contributed by atoms with Crippen LogP contribution in [-0.4, -0.2) is 11.1 Å². The van der Waals surface area contributed by atoms with Crippen LogP contribution >= 0.6 is 11.3 Å². The molecule has 0 saturated heterocycles. The molecule has 0 radical (unpaired) electrons. The van der Waals surface area contributed by atoms with E-state index in [0.717, 1.165) is 30.4 Å². The minimum Gasteiger partial charge on any atom is -0.477 e. The maximum atomic E-state index is 14.4. The number of thiophene rings is 1. The van der Waals surface area contributed by atoms with Gasteiger partial charge in [0.25, 0.3) is 0 Å². The molecule has 0 amide bonds. The molecule has 2 aromatic carbocycles. The van der Waals surface area contributed by atoms with Gasteiger partial charge in [-0.2, -0.15) is 0 Å². The van der Waals surface area contributed by atoms with Gasteiger partial charge in [0.1, 0.15) is 16.5 Å². The van der Waals surface area contributed by atoms with E-state index in [1.54, 1.807) is 0 Å². The van der Waals surface area contributed by atoms with E-state index in [-0.39, 0.29) is 26.1 Å². The van der Waals surface area contributed by atoms with E-state index in [0.29, 0.717) is 6.07 Å². The summed E-state index contributed by atoms with van der Waals surface area (Å²) in [7, 11) is 0. The first kappa shape index (κ1) is 15.5. The van der Waals surface area contributed by atoms with Crippen molar-refractivity contribution in [1.29, 1.82) is 0 Å². The Morgan fingerprint density at radius 1 is 1.09 bits per heavy atom. The lowest BCUT2D eigenvalue weighted by Gasteiger charge is -2.08. The maximum Gasteiger partial charge on any atom is 0.346 e. The molecule has 0 saturated carbocycles. The third-order valence-electron chi connectivity index (χ3n) is 3.49. The highest BCUT2D eigenvalue weighted by molar-refractivity contribution is 7.21. The Morgan fingerprint density at radius 2 is 1.78 bits per heavy atom. The van der Waals surface area contributed by atoms with Gasteiger partial charge in [0.05, 0.1) is 0 Å². The van der Waals surface area contributed by atoms with Gasteiger partial charge in [-0.05, 0) is 31.2 Å². The van der Waals surface area contributed by atoms with E-state index in [2.05, 4.69) is 0 Å². The lowest BCUT2D eigenvalue weighted by Crippen LogP contribution is -2.00. The van der Waals surface area contributed by atoms with Crippen molar-refractivity contribution in [2.24, 2.45) is 0 Å². The Bertz CT molecular complexity index is 963. The van der Waals surface area contributed by atoms with Gasteiger partial charge < -0.3 is 5.11 Å². The van der Waals surface area contributed by atoms with E-state index < -0.39 is 34.8 Å². The third kappa shape index (κ3) is 2.37. The second-order valence-electron chi connectivity index (χ2n) is 4.91. The molecule has 0 aliphatic rings. The van der Waals surface area contributed by atoms with Crippen molar-refractivity contribution in [2.45, 2.75) is 6.92 Å². The zero-order valence-electron chi connectivity index (χ0n) is 11.6. The summed E-state index contributed by atoms with van der Waals surface area (Å²) in [5.41, 5.74) is -0.994. The molecule has 1 heterocycles. The number of rotatable bonds is 2. The molecule has 0 unspecified atom stereocenters. The summed E-state index contributed by atoms with van der Waals surface area (Å²) in [6.45, 7) is 1.06. The molecule has 118 valence electrons. The summed E-state index contributed by atoms with van der Waals surface area (Å²) >= 11 is 0.743. The molecule has 3 aromatic rings. The summed E-state index contributed by atoms with van der Waals surface area (Å²) in [6.07, 6.45) is 0. The average molecular weight is 340 g/mol. The molecule has 0 spiro atoms. The number of fused-ring (bicyclic) bond motifs is 1. The summed E-state index contributed by atoms with van der Waals surface area (Å²) in [6, 6.07) is 4.11. The lowest BCUT2D eigenvalue weighted by molar-refractivity contribution is 0.0703. The summed E-state index contributed by atoms with van der Waals surface area (Å²) in [4.78, 5) is 11.2. The van der Waals surface area contributed by atoms with Crippen LogP contribution in [0, 0.1) is 30.2 Å². The maximum absolute atomic E-state index is 14.4. The fourth-order valence-corrected chi connectivity index (χ4v) is 3.48. The number of halogens is 4. The zero-order valence-corrected chi connectivity index (χ0v) is 12.4. The fraction of sp³-hybridized carbons (Fsp3) is 0.0625. The van der Waals surface area contributed by atoms with Gasteiger partial charge in [0.2, 0.25) is 0 Å². The van der Waals surface area contributed by atoms with Gasteiger partial charge >= 0.3 is 5.97 Å². The molecule has 23 heavy (non-hydrogen) atoms. The van der Waals surface area contributed by atoms with Crippen molar-refractivity contribution < 1.29 is 27.5 Å². The molecule has 1 N–H and O–H groups in total. The largest absolute Gasteiger partial charge is 0.477 e. The molecule has 2 nitrogen and oxygen atoms in total. The highest BCUT2D eigenvalue weighted by Gasteiger charge is 2.25. The quantitative estimate of drug-likeness (QED) is 0.519. The van der Waals surface area contributed by atoms with Crippen LogP contribution < -0.4 is 0 Å². The molecule has 0 fully saturated rings. The Morgan fingerprint density at radius 3 is 2.43 bits per heavy atom. The third-order valence-corrected chi connectivity index (χ3v) is 4.63. The Labute approximate surface area is 131 Å². The van der Waals surface area contributed by atoms with Crippen LogP contribution in [0.1, 0.15) is 15.2 Å². The van der Waals surface area contributed by atoms with Crippen LogP contribution in [0.15, 0.2) is 24.3 Å². The van der Waals surface area contributed by atoms with Gasteiger partial charge in [-0.25, -0.2) is 22.4 Å². The fourth-order valence-electron chi connectivity index (χ4n) is 2.40. The minimum atomic E-state index is -1.36. The van der Waals surface area contributed by atoms with E-state index in [4.69, 9.17) is 0 Å². The monoisotopic (exact) mass is 340 g/mol. The molecule has 0 aliphatic carbocycles. The molecule has 0 aliphatic heterocycles. The first-order valence-corrected chi connectivity index (χ1v) is 7.22. The van der Waals surface area contributed by atoms with Crippen molar-refractivity contribution in [3.8, 4) is 11.1 Å². The van der Waals surface area contributed by atoms with E-state index in [1.165, 1.54) is 6.07 Å². The van der Waals surface area contributed by atoms with Crippen LogP contribution in [-0.2, 0) is 0 Å². The van der Waals surface area contributed by atoms with Gasteiger partial charge in [-0.1, -0.05) is 0 Å². The summed E-state index contributed by atoms with van der Waals surface area (Å²) < 4.78 is 55.1. The number of carboxylic acid groups (broad SMARTS) is 1. The number of hydrogen-bond donors (Lipinski definition) is 1. The average Bonchev–Trinajstić information content (AvgIpc) is 2.87. The van der Waals surface area contributed by atoms with E-state index >= 15 is 0 Å². The normalized spacial score (nSPS) is 11.2. The predicted molar refractivity (Wildman–Crippen MR) is 78.8 cm³/mol. The van der Waals surface area contributed by atoms with Crippen molar-refractivity contribution >= 4 is 27.4 Å². The van der Waals surface area contributed by atoms with Gasteiger partial charge in [-0.15, -0.1) is 11.3 Å². The first-order chi connectivity index (χ1) is 10.8. The zero-order chi connectivity index (χ0) is 16.9. The SMILES string of the molecule is Cc1c(F)c(F)cc(-c2c(C(=O)O)sc3cc(F)ccc23)c1F. The summed E-state index contributed by atoms with van der Waals surface area (Å²) in [5, 5.41) is 9.57. The number of aromatic carboxylic acids is 1. The predicted octanol–water partition coefficient (Wildman–Crippen LogP) is 5.13. The van der Waals surface area contributed by atoms with Crippen LogP contribution in [0.2, 0.25) is 0 Å². The van der Waals surface area contributed by atoms with Crippen LogP contribution in [0.5, 0.6) is 0 Å². The Balaban J connectivity index is 2.45. The minimum absolute atomic E-state index is 0.0861. The highest BCUT2D eigenvalue weighted by Crippen LogP contribution is 2.41. The molecule has 0 atom stereocenters. The molecule has 0 bridgehead atoms. The van der Waals surface area contributed by atoms with Crippen molar-refractivity contribution in [2.75, 3.05) is 0 Å². The van der Waals surface area contributed by atoms with Crippen LogP contribution in [0.25, 0.3) is 21.2 Å². The second kappa shape index (κ2) is 5.34. The Kier molecular flexibility index (Phi) is 3.60. The van der Waals surface area contributed by atoms with Crippen LogP contribution in [0.3, 0.4) is 0 Å². The first-order valence-electron chi connectivity index (χ1n) is 6.41. The number of hydrogen-bond acceptors (Lipinski definition) is 2. The van der Waals surface area contributed by atoms with Crippen LogP contribution in [0.4, 0.5) is 17.6 Å². The highest BCUT2D eigenvalue weighted by atomic mass is 32.1. The Hall–Kier alpha value is -2.41. The van der Waals surface area contributed by atoms with E-state index in [9.17, 15) is 27.5 Å². The van der Waals surface area contributed by atoms with Gasteiger partial charge in [-0.3, -0.25) is 0 Å². The smallest absolute Gasteiger partial charge is 0.346 e. The number of benzene rings is 2. The summed E-state index contributed by atoms with van der Waals surface area (Å²) in [5.74, 6) is -5.59. The molecular weight excluding hydrogens is 332 g/mol. The molecule has 1 aromatic heterocycles. The van der Waals surface area contributed by atoms with Crippen molar-refractivity contribution in [3.63, 3.8) is 0 Å². The lowest BCUT2D eigenvalue weighted by atomic mass is 9.98. The topological polar surface area (TPSA) is 37.3 Å². The molecule has 7 heteroatoms. The standard InChI is InChI=1S/C16H8F4O2S/c1-6-13(19)9(5-10(18)14(6)20)12-8-3-2-7(17)4-11(8)23-15(12)16(21)22/h2-5H,1H3,(H,21,22). The van der Waals surface area contributed by atoms with Crippen molar-refractivity contribution in [1.82, 2.24) is 0 Å². The number of carbonyl (C=O) groups is 1. The van der Waals surface area contributed by atoms with E-state index in [1.807, 2.05) is 0 Å². The molecular formula is C16H8F4O2S. The van der Waals surface area contributed by atoms with Gasteiger partial charge in [0.15, 0.2) is 11.6 Å². The second-order valence-corrected chi connectivity index (χ2v) is 5.96. The van der Waals surface area contributed by atoms with Crippen molar-refractivity contribution in [3.05, 3.63) is 58.0 Å². The van der Waals surface area contributed by atoms with Gasteiger partial charge in [0, 0.05) is 26.8 Å². The number of carboxylic acids is 1.